The minimum absolute atomic E-state index is 0.0645. The van der Waals surface area contributed by atoms with Crippen LogP contribution in [0.4, 0.5) is 5.69 Å². The molecule has 28 heavy (non-hydrogen) atoms. The topological polar surface area (TPSA) is 104 Å². The fraction of sp³-hybridized carbons (Fsp3) is 0.550. The van der Waals surface area contributed by atoms with Crippen molar-refractivity contribution in [2.24, 2.45) is 5.92 Å². The van der Waals surface area contributed by atoms with E-state index < -0.39 is 5.54 Å². The summed E-state index contributed by atoms with van der Waals surface area (Å²) in [4.78, 5) is 26.5. The van der Waals surface area contributed by atoms with E-state index >= 15 is 0 Å². The third kappa shape index (κ3) is 4.93. The molecule has 0 spiro atoms. The lowest BCUT2D eigenvalue weighted by Crippen LogP contribution is -2.50. The van der Waals surface area contributed by atoms with Gasteiger partial charge >= 0.3 is 0 Å². The van der Waals surface area contributed by atoms with Crippen LogP contribution in [0.1, 0.15) is 26.7 Å². The normalized spacial score (nSPS) is 17.4. The number of anilines is 1. The Labute approximate surface area is 164 Å². The van der Waals surface area contributed by atoms with Crippen LogP contribution in [-0.4, -0.2) is 55.1 Å². The summed E-state index contributed by atoms with van der Waals surface area (Å²) in [6, 6.07) is 7.45. The van der Waals surface area contributed by atoms with Crippen LogP contribution >= 0.6 is 0 Å². The highest BCUT2D eigenvalue weighted by molar-refractivity contribution is 5.93. The summed E-state index contributed by atoms with van der Waals surface area (Å²) in [5.41, 5.74) is -0.218. The van der Waals surface area contributed by atoms with E-state index in [4.69, 9.17) is 9.47 Å². The molecular weight excluding hydrogens is 360 g/mol. The second kappa shape index (κ2) is 8.48. The number of nitrogens with zero attached hydrogens (tertiary/aromatic N) is 2. The highest BCUT2D eigenvalue weighted by Gasteiger charge is 2.43. The van der Waals surface area contributed by atoms with E-state index in [9.17, 15) is 14.9 Å². The second-order valence-electron chi connectivity index (χ2n) is 7.35. The molecule has 3 rings (SSSR count). The van der Waals surface area contributed by atoms with E-state index in [0.717, 1.165) is 12.8 Å². The Morgan fingerprint density at radius 2 is 1.89 bits per heavy atom. The SMILES string of the molecule is CCN(CC(=O)Nc1ccc2c(c1)OCCO2)CC(=O)N[C@@](C)(C#N)C1CC1. The van der Waals surface area contributed by atoms with E-state index in [0.29, 0.717) is 36.9 Å². The summed E-state index contributed by atoms with van der Waals surface area (Å²) in [5.74, 6) is 1.01. The standard InChI is InChI=1S/C20H26N4O4/c1-3-24(12-19(26)23-20(2,13-21)14-4-5-14)11-18(25)22-15-6-7-16-17(10-15)28-9-8-27-16/h6-7,10,14H,3-5,8-9,11-12H2,1-2H3,(H,22,25)(H,23,26)/t20-/m0/s1. The Morgan fingerprint density at radius 1 is 1.21 bits per heavy atom. The smallest absolute Gasteiger partial charge is 0.238 e. The van der Waals surface area contributed by atoms with Crippen LogP contribution in [0.5, 0.6) is 11.5 Å². The maximum Gasteiger partial charge on any atom is 0.238 e. The van der Waals surface area contributed by atoms with E-state index in [2.05, 4.69) is 16.7 Å². The van der Waals surface area contributed by atoms with Gasteiger partial charge in [-0.25, -0.2) is 0 Å². The molecule has 1 aromatic carbocycles. The van der Waals surface area contributed by atoms with Crippen molar-refractivity contribution in [3.05, 3.63) is 18.2 Å². The number of nitriles is 1. The molecule has 1 atom stereocenters. The molecule has 0 aromatic heterocycles. The number of fused-ring (bicyclic) bond motifs is 1. The first-order valence-electron chi connectivity index (χ1n) is 9.57. The molecule has 0 bridgehead atoms. The van der Waals surface area contributed by atoms with Gasteiger partial charge in [0, 0.05) is 11.8 Å². The molecule has 1 saturated carbocycles. The van der Waals surface area contributed by atoms with Gasteiger partial charge in [-0.1, -0.05) is 6.92 Å². The van der Waals surface area contributed by atoms with Crippen molar-refractivity contribution < 1.29 is 19.1 Å². The van der Waals surface area contributed by atoms with Crippen LogP contribution in [0, 0.1) is 17.2 Å². The lowest BCUT2D eigenvalue weighted by Gasteiger charge is -2.25. The van der Waals surface area contributed by atoms with Gasteiger partial charge in [-0.3, -0.25) is 14.5 Å². The predicted molar refractivity (Wildman–Crippen MR) is 103 cm³/mol. The quantitative estimate of drug-likeness (QED) is 0.702. The number of amides is 2. The summed E-state index contributed by atoms with van der Waals surface area (Å²) >= 11 is 0. The second-order valence-corrected chi connectivity index (χ2v) is 7.35. The number of carbonyl (C=O) groups excluding carboxylic acids is 2. The number of ether oxygens (including phenoxy) is 2. The van der Waals surface area contributed by atoms with Crippen LogP contribution in [0.3, 0.4) is 0 Å². The summed E-state index contributed by atoms with van der Waals surface area (Å²) in [6.45, 7) is 5.31. The number of carbonyl (C=O) groups is 2. The average molecular weight is 386 g/mol. The molecule has 1 aromatic rings. The van der Waals surface area contributed by atoms with Gasteiger partial charge in [0.05, 0.1) is 19.2 Å². The van der Waals surface area contributed by atoms with Crippen molar-refractivity contribution in [1.29, 1.82) is 5.26 Å². The fourth-order valence-electron chi connectivity index (χ4n) is 3.22. The number of likely N-dealkylation sites (N-methyl/N-ethyl adjacent to an activating group) is 1. The maximum absolute atomic E-state index is 12.4. The molecule has 2 amide bonds. The van der Waals surface area contributed by atoms with Gasteiger partial charge in [-0.2, -0.15) is 5.26 Å². The Kier molecular flexibility index (Phi) is 6.05. The van der Waals surface area contributed by atoms with Crippen LogP contribution in [0.15, 0.2) is 18.2 Å². The number of hydrogen-bond acceptors (Lipinski definition) is 6. The Balaban J connectivity index is 1.51. The highest BCUT2D eigenvalue weighted by atomic mass is 16.6. The summed E-state index contributed by atoms with van der Waals surface area (Å²) in [7, 11) is 0. The van der Waals surface area contributed by atoms with Gasteiger partial charge in [0.2, 0.25) is 11.8 Å². The zero-order valence-corrected chi connectivity index (χ0v) is 16.3. The van der Waals surface area contributed by atoms with Gasteiger partial charge < -0.3 is 20.1 Å². The van der Waals surface area contributed by atoms with Crippen LogP contribution in [0.25, 0.3) is 0 Å². The summed E-state index contributed by atoms with van der Waals surface area (Å²) < 4.78 is 11.0. The van der Waals surface area contributed by atoms with Gasteiger partial charge in [-0.15, -0.1) is 0 Å². The Bertz CT molecular complexity index is 787. The first kappa shape index (κ1) is 20.0. The predicted octanol–water partition coefficient (Wildman–Crippen LogP) is 1.53. The number of benzene rings is 1. The molecule has 1 aliphatic carbocycles. The first-order valence-corrected chi connectivity index (χ1v) is 9.57. The van der Waals surface area contributed by atoms with Gasteiger partial charge in [-0.05, 0) is 44.4 Å². The molecule has 150 valence electrons. The molecule has 0 unspecified atom stereocenters. The van der Waals surface area contributed by atoms with Gasteiger partial charge in [0.1, 0.15) is 18.8 Å². The van der Waals surface area contributed by atoms with Crippen LogP contribution < -0.4 is 20.1 Å². The molecule has 1 heterocycles. The summed E-state index contributed by atoms with van der Waals surface area (Å²) in [5, 5.41) is 15.0. The fourth-order valence-corrected chi connectivity index (χ4v) is 3.22. The van der Waals surface area contributed by atoms with Crippen molar-refractivity contribution >= 4 is 17.5 Å². The van der Waals surface area contributed by atoms with Gasteiger partial charge in [0.15, 0.2) is 11.5 Å². The van der Waals surface area contributed by atoms with Crippen molar-refractivity contribution in [3.8, 4) is 17.6 Å². The average Bonchev–Trinajstić information content (AvgIpc) is 3.53. The van der Waals surface area contributed by atoms with Crippen molar-refractivity contribution in [2.45, 2.75) is 32.2 Å². The minimum Gasteiger partial charge on any atom is -0.486 e. The third-order valence-corrected chi connectivity index (χ3v) is 5.03. The van der Waals surface area contributed by atoms with Gasteiger partial charge in [0.25, 0.3) is 0 Å². The monoisotopic (exact) mass is 386 g/mol. The largest absolute Gasteiger partial charge is 0.486 e. The molecule has 1 fully saturated rings. The van der Waals surface area contributed by atoms with E-state index in [1.165, 1.54) is 0 Å². The minimum atomic E-state index is -0.829. The third-order valence-electron chi connectivity index (χ3n) is 5.03. The molecular formula is C20H26N4O4. The molecule has 1 aliphatic heterocycles. The Hall–Kier alpha value is -2.79. The number of hydrogen-bond donors (Lipinski definition) is 2. The number of rotatable bonds is 8. The molecule has 0 saturated heterocycles. The molecule has 8 nitrogen and oxygen atoms in total. The van der Waals surface area contributed by atoms with Crippen LogP contribution in [0.2, 0.25) is 0 Å². The lowest BCUT2D eigenvalue weighted by atomic mass is 9.98. The summed E-state index contributed by atoms with van der Waals surface area (Å²) in [6.07, 6.45) is 1.92. The maximum atomic E-state index is 12.4. The molecule has 0 radical (unpaired) electrons. The highest BCUT2D eigenvalue weighted by Crippen LogP contribution is 2.39. The van der Waals surface area contributed by atoms with Crippen molar-refractivity contribution in [3.63, 3.8) is 0 Å². The van der Waals surface area contributed by atoms with Crippen molar-refractivity contribution in [2.75, 3.05) is 38.2 Å². The zero-order chi connectivity index (χ0) is 20.1. The Morgan fingerprint density at radius 3 is 2.54 bits per heavy atom. The molecule has 2 aliphatic rings. The lowest BCUT2D eigenvalue weighted by molar-refractivity contribution is -0.124. The van der Waals surface area contributed by atoms with E-state index in [-0.39, 0.29) is 30.8 Å². The molecule has 2 N–H and O–H groups in total. The van der Waals surface area contributed by atoms with E-state index in [1.807, 2.05) is 6.92 Å². The number of nitrogens with one attached hydrogen (secondary N) is 2. The zero-order valence-electron chi connectivity index (χ0n) is 16.3. The van der Waals surface area contributed by atoms with Crippen molar-refractivity contribution in [1.82, 2.24) is 10.2 Å². The van der Waals surface area contributed by atoms with Crippen LogP contribution in [-0.2, 0) is 9.59 Å². The molecule has 8 heteroatoms. The van der Waals surface area contributed by atoms with E-state index in [1.54, 1.807) is 30.0 Å². The first-order chi connectivity index (χ1) is 13.4.